The number of benzene rings is 1. The van der Waals surface area contributed by atoms with Crippen molar-refractivity contribution in [2.24, 2.45) is 14.1 Å². The van der Waals surface area contributed by atoms with E-state index in [-0.39, 0.29) is 27.6 Å². The average molecular weight is 418 g/mol. The number of ether oxygens (including phenoxy) is 2. The van der Waals surface area contributed by atoms with Crippen LogP contribution >= 0.6 is 11.8 Å². The number of methoxy groups -OCH3 is 2. The maximum absolute atomic E-state index is 12.7. The Morgan fingerprint density at radius 1 is 1.10 bits per heavy atom. The number of nitrogens with zero attached hydrogens (tertiary/aromatic N) is 4. The van der Waals surface area contributed by atoms with E-state index in [0.29, 0.717) is 17.1 Å². The van der Waals surface area contributed by atoms with Gasteiger partial charge in [-0.05, 0) is 18.2 Å². The number of carboxylic acids is 1. The van der Waals surface area contributed by atoms with E-state index in [9.17, 15) is 14.4 Å². The van der Waals surface area contributed by atoms with Gasteiger partial charge in [0.1, 0.15) is 10.4 Å². The monoisotopic (exact) mass is 418 g/mol. The van der Waals surface area contributed by atoms with Crippen LogP contribution in [-0.4, -0.2) is 50.2 Å². The maximum atomic E-state index is 12.7. The second-order valence-electron chi connectivity index (χ2n) is 6.01. The van der Waals surface area contributed by atoms with Crippen LogP contribution in [0.3, 0.4) is 0 Å². The second-order valence-corrected chi connectivity index (χ2v) is 6.97. The number of carbonyl (C=O) groups is 1. The molecule has 0 saturated carbocycles. The van der Waals surface area contributed by atoms with Gasteiger partial charge in [-0.25, -0.2) is 14.8 Å². The molecule has 0 fully saturated rings. The molecule has 0 radical (unpaired) electrons. The number of aryl methyl sites for hydroxylation is 1. The first kappa shape index (κ1) is 20.4. The number of rotatable bonds is 6. The van der Waals surface area contributed by atoms with E-state index in [2.05, 4.69) is 9.97 Å². The lowest BCUT2D eigenvalue weighted by molar-refractivity contribution is -0.133. The van der Waals surface area contributed by atoms with Crippen molar-refractivity contribution in [3.63, 3.8) is 0 Å². The van der Waals surface area contributed by atoms with E-state index in [1.165, 1.54) is 32.9 Å². The van der Waals surface area contributed by atoms with Crippen molar-refractivity contribution in [3.8, 4) is 22.9 Å². The van der Waals surface area contributed by atoms with E-state index < -0.39 is 17.2 Å². The molecule has 1 aromatic carbocycles. The number of aromatic nitrogens is 4. The highest BCUT2D eigenvalue weighted by molar-refractivity contribution is 8.00. The number of fused-ring (bicyclic) bond motifs is 1. The number of aliphatic carboxylic acids is 1. The van der Waals surface area contributed by atoms with Gasteiger partial charge in [0.05, 0.1) is 20.0 Å². The zero-order valence-electron chi connectivity index (χ0n) is 16.1. The van der Waals surface area contributed by atoms with Crippen molar-refractivity contribution in [2.45, 2.75) is 5.03 Å². The molecule has 1 N–H and O–H groups in total. The van der Waals surface area contributed by atoms with Crippen molar-refractivity contribution in [3.05, 3.63) is 39.0 Å². The predicted molar refractivity (Wildman–Crippen MR) is 107 cm³/mol. The highest BCUT2D eigenvalue weighted by atomic mass is 32.2. The molecule has 0 unspecified atom stereocenters. The molecule has 10 nitrogen and oxygen atoms in total. The summed E-state index contributed by atoms with van der Waals surface area (Å²) in [6, 6.07) is 5.03. The number of hydrogen-bond acceptors (Lipinski definition) is 8. The Kier molecular flexibility index (Phi) is 5.59. The summed E-state index contributed by atoms with van der Waals surface area (Å²) in [6.07, 6.45) is 0. The Labute approximate surface area is 168 Å². The minimum atomic E-state index is -1.06. The zero-order valence-corrected chi connectivity index (χ0v) is 16.9. The smallest absolute Gasteiger partial charge is 0.332 e. The van der Waals surface area contributed by atoms with E-state index in [4.69, 9.17) is 14.6 Å². The fraction of sp³-hybridized carbons (Fsp3) is 0.278. The molecular formula is C18H18N4O6S. The third-order valence-corrected chi connectivity index (χ3v) is 5.20. The van der Waals surface area contributed by atoms with Crippen molar-refractivity contribution < 1.29 is 19.4 Å². The van der Waals surface area contributed by atoms with Gasteiger partial charge in [-0.3, -0.25) is 18.7 Å². The van der Waals surface area contributed by atoms with Gasteiger partial charge in [0, 0.05) is 19.7 Å². The number of thioether (sulfide) groups is 1. The van der Waals surface area contributed by atoms with E-state index >= 15 is 0 Å². The molecule has 2 aromatic heterocycles. The molecule has 0 saturated heterocycles. The number of carboxylic acid groups (broad SMARTS) is 1. The van der Waals surface area contributed by atoms with Crippen molar-refractivity contribution in [1.29, 1.82) is 0 Å². The molecule has 0 atom stereocenters. The third kappa shape index (κ3) is 3.68. The first-order chi connectivity index (χ1) is 13.8. The van der Waals surface area contributed by atoms with E-state index in [0.717, 1.165) is 16.3 Å². The van der Waals surface area contributed by atoms with Crippen LogP contribution in [-0.2, 0) is 18.9 Å². The van der Waals surface area contributed by atoms with Gasteiger partial charge in [-0.1, -0.05) is 11.8 Å². The summed E-state index contributed by atoms with van der Waals surface area (Å²) < 4.78 is 12.7. The largest absolute Gasteiger partial charge is 0.493 e. The summed E-state index contributed by atoms with van der Waals surface area (Å²) in [7, 11) is 5.83. The van der Waals surface area contributed by atoms with Gasteiger partial charge in [0.2, 0.25) is 0 Å². The van der Waals surface area contributed by atoms with Gasteiger partial charge in [-0.15, -0.1) is 0 Å². The molecule has 0 bridgehead atoms. The fourth-order valence-corrected chi connectivity index (χ4v) is 3.50. The van der Waals surface area contributed by atoms with Gasteiger partial charge < -0.3 is 14.6 Å². The van der Waals surface area contributed by atoms with Gasteiger partial charge in [0.25, 0.3) is 5.56 Å². The van der Waals surface area contributed by atoms with Gasteiger partial charge >= 0.3 is 11.7 Å². The standard InChI is InChI=1S/C18H18N4O6S/c1-21-15-13(17(25)22(2)18(21)26)16(29-8-12(23)24)20-14(19-15)9-5-6-10(27-3)11(7-9)28-4/h5-7H,8H2,1-4H3,(H,23,24). The molecule has 0 aliphatic heterocycles. The second kappa shape index (κ2) is 7.95. The fourth-order valence-electron chi connectivity index (χ4n) is 2.77. The van der Waals surface area contributed by atoms with Crippen molar-refractivity contribution >= 4 is 28.8 Å². The normalized spacial score (nSPS) is 10.9. The average Bonchev–Trinajstić information content (AvgIpc) is 2.73. The van der Waals surface area contributed by atoms with Crippen molar-refractivity contribution in [2.75, 3.05) is 20.0 Å². The molecule has 0 aliphatic carbocycles. The van der Waals surface area contributed by atoms with Crippen LogP contribution in [0.1, 0.15) is 0 Å². The Morgan fingerprint density at radius 2 is 1.79 bits per heavy atom. The van der Waals surface area contributed by atoms with Crippen LogP contribution in [0.4, 0.5) is 0 Å². The minimum absolute atomic E-state index is 0.0880. The Hall–Kier alpha value is -3.34. The summed E-state index contributed by atoms with van der Waals surface area (Å²) in [6.45, 7) is 0. The summed E-state index contributed by atoms with van der Waals surface area (Å²) in [5.74, 6) is -0.181. The molecule has 11 heteroatoms. The molecular weight excluding hydrogens is 400 g/mol. The quantitative estimate of drug-likeness (QED) is 0.459. The lowest BCUT2D eigenvalue weighted by Crippen LogP contribution is -2.37. The van der Waals surface area contributed by atoms with Crippen LogP contribution in [0.2, 0.25) is 0 Å². The molecule has 29 heavy (non-hydrogen) atoms. The molecule has 3 aromatic rings. The maximum Gasteiger partial charge on any atom is 0.332 e. The van der Waals surface area contributed by atoms with Crippen LogP contribution in [0.25, 0.3) is 22.4 Å². The molecule has 2 heterocycles. The summed E-state index contributed by atoms with van der Waals surface area (Å²) in [5.41, 5.74) is -0.468. The molecule has 0 aliphatic rings. The highest BCUT2D eigenvalue weighted by Gasteiger charge is 2.19. The zero-order chi connectivity index (χ0) is 21.3. The summed E-state index contributed by atoms with van der Waals surface area (Å²) in [5, 5.41) is 9.32. The van der Waals surface area contributed by atoms with Crippen LogP contribution in [0.5, 0.6) is 11.5 Å². The lowest BCUT2D eigenvalue weighted by Gasteiger charge is -2.13. The SMILES string of the molecule is COc1ccc(-c2nc(SCC(=O)O)c3c(=O)n(C)c(=O)n(C)c3n2)cc1OC. The lowest BCUT2D eigenvalue weighted by atomic mass is 10.2. The number of hydrogen-bond donors (Lipinski definition) is 1. The predicted octanol–water partition coefficient (Wildman–Crippen LogP) is 0.888. The molecule has 3 rings (SSSR count). The topological polar surface area (TPSA) is 126 Å². The van der Waals surface area contributed by atoms with Crippen LogP contribution < -0.4 is 20.7 Å². The molecule has 0 amide bonds. The minimum Gasteiger partial charge on any atom is -0.493 e. The van der Waals surface area contributed by atoms with Crippen LogP contribution in [0.15, 0.2) is 32.8 Å². The van der Waals surface area contributed by atoms with Gasteiger partial charge in [0.15, 0.2) is 23.0 Å². The Morgan fingerprint density at radius 3 is 2.41 bits per heavy atom. The highest BCUT2D eigenvalue weighted by Crippen LogP contribution is 2.32. The summed E-state index contributed by atoms with van der Waals surface area (Å²) >= 11 is 0.887. The summed E-state index contributed by atoms with van der Waals surface area (Å²) in [4.78, 5) is 44.9. The van der Waals surface area contributed by atoms with Gasteiger partial charge in [-0.2, -0.15) is 0 Å². The molecule has 152 valence electrons. The van der Waals surface area contributed by atoms with Crippen molar-refractivity contribution in [1.82, 2.24) is 19.1 Å². The molecule has 0 spiro atoms. The Bertz CT molecular complexity index is 1230. The van der Waals surface area contributed by atoms with Crippen LogP contribution in [0, 0.1) is 0 Å². The first-order valence-electron chi connectivity index (χ1n) is 8.33. The third-order valence-electron chi connectivity index (χ3n) is 4.24. The van der Waals surface area contributed by atoms with E-state index in [1.54, 1.807) is 18.2 Å². The first-order valence-corrected chi connectivity index (χ1v) is 9.31. The van der Waals surface area contributed by atoms with E-state index in [1.807, 2.05) is 0 Å². The Balaban J connectivity index is 2.33.